The molecule has 0 N–H and O–H groups in total. The van der Waals surface area contributed by atoms with Crippen LogP contribution in [-0.4, -0.2) is 12.9 Å². The van der Waals surface area contributed by atoms with E-state index in [2.05, 4.69) is 5.92 Å². The Balaban J connectivity index is 2.60. The van der Waals surface area contributed by atoms with Crippen molar-refractivity contribution in [1.29, 1.82) is 0 Å². The van der Waals surface area contributed by atoms with Gasteiger partial charge in [0.25, 0.3) is 0 Å². The molecule has 0 unspecified atom stereocenters. The summed E-state index contributed by atoms with van der Waals surface area (Å²) in [6, 6.07) is 7.86. The molecule has 0 aromatic heterocycles. The monoisotopic (exact) mass is 178 g/mol. The second-order valence-electron chi connectivity index (χ2n) is 2.17. The lowest BCUT2D eigenvalue weighted by Gasteiger charge is -2.01. The van der Waals surface area contributed by atoms with E-state index in [0.29, 0.717) is 6.61 Å². The van der Waals surface area contributed by atoms with E-state index >= 15 is 0 Å². The number of thioether (sulfide) groups is 1. The molecular formula is C10H10OS. The maximum Gasteiger partial charge on any atom is 0.148 e. The minimum atomic E-state index is 0.332. The smallest absolute Gasteiger partial charge is 0.148 e. The van der Waals surface area contributed by atoms with Crippen molar-refractivity contribution in [1.82, 2.24) is 0 Å². The van der Waals surface area contributed by atoms with Crippen molar-refractivity contribution in [3.05, 3.63) is 24.3 Å². The third-order valence-corrected chi connectivity index (χ3v) is 2.13. The molecule has 0 spiro atoms. The quantitative estimate of drug-likeness (QED) is 0.519. The summed E-state index contributed by atoms with van der Waals surface area (Å²) in [6.45, 7) is 0.332. The Hall–Kier alpha value is -1.07. The third-order valence-electron chi connectivity index (χ3n) is 1.38. The zero-order chi connectivity index (χ0) is 8.81. The van der Waals surface area contributed by atoms with Crippen molar-refractivity contribution in [2.24, 2.45) is 0 Å². The van der Waals surface area contributed by atoms with Gasteiger partial charge in [-0.1, -0.05) is 5.92 Å². The van der Waals surface area contributed by atoms with Crippen LogP contribution in [0.25, 0.3) is 0 Å². The summed E-state index contributed by atoms with van der Waals surface area (Å²) in [5, 5.41) is 0. The van der Waals surface area contributed by atoms with Gasteiger partial charge in [0.2, 0.25) is 0 Å². The first-order valence-corrected chi connectivity index (χ1v) is 4.79. The molecule has 12 heavy (non-hydrogen) atoms. The highest BCUT2D eigenvalue weighted by molar-refractivity contribution is 7.98. The Morgan fingerprint density at radius 3 is 2.58 bits per heavy atom. The molecule has 1 nitrogen and oxygen atoms in total. The lowest BCUT2D eigenvalue weighted by Crippen LogP contribution is -1.92. The largest absolute Gasteiger partial charge is 0.481 e. The Morgan fingerprint density at radius 2 is 2.08 bits per heavy atom. The van der Waals surface area contributed by atoms with Crippen LogP contribution in [0, 0.1) is 12.3 Å². The summed E-state index contributed by atoms with van der Waals surface area (Å²) < 4.78 is 5.21. The van der Waals surface area contributed by atoms with Gasteiger partial charge in [-0.2, -0.15) is 0 Å². The van der Waals surface area contributed by atoms with Gasteiger partial charge in [0.1, 0.15) is 12.4 Å². The Labute approximate surface area is 77.1 Å². The average molecular weight is 178 g/mol. The average Bonchev–Trinajstić information content (AvgIpc) is 2.15. The van der Waals surface area contributed by atoms with Gasteiger partial charge in [-0.25, -0.2) is 0 Å². The first-order chi connectivity index (χ1) is 5.86. The molecule has 1 rings (SSSR count). The highest BCUT2D eigenvalue weighted by atomic mass is 32.2. The second kappa shape index (κ2) is 4.74. The van der Waals surface area contributed by atoms with Crippen LogP contribution in [0.1, 0.15) is 0 Å². The summed E-state index contributed by atoms with van der Waals surface area (Å²) in [6.07, 6.45) is 7.09. The van der Waals surface area contributed by atoms with Crippen LogP contribution in [0.4, 0.5) is 0 Å². The lowest BCUT2D eigenvalue weighted by molar-refractivity contribution is 0.370. The SMILES string of the molecule is C#CCOc1ccc(SC)cc1. The molecule has 0 aliphatic heterocycles. The zero-order valence-corrected chi connectivity index (χ0v) is 7.73. The van der Waals surface area contributed by atoms with Gasteiger partial charge in [0.15, 0.2) is 0 Å². The summed E-state index contributed by atoms with van der Waals surface area (Å²) in [5.41, 5.74) is 0. The van der Waals surface area contributed by atoms with Crippen LogP contribution in [-0.2, 0) is 0 Å². The fourth-order valence-electron chi connectivity index (χ4n) is 0.797. The number of ether oxygens (including phenoxy) is 1. The number of rotatable bonds is 3. The first kappa shape index (κ1) is 9.02. The molecular weight excluding hydrogens is 168 g/mol. The molecule has 1 aromatic carbocycles. The molecule has 0 heterocycles. The van der Waals surface area contributed by atoms with Crippen molar-refractivity contribution in [2.75, 3.05) is 12.9 Å². The zero-order valence-electron chi connectivity index (χ0n) is 6.91. The first-order valence-electron chi connectivity index (χ1n) is 3.57. The van der Waals surface area contributed by atoms with E-state index in [-0.39, 0.29) is 0 Å². The van der Waals surface area contributed by atoms with Crippen LogP contribution in [0.2, 0.25) is 0 Å². The van der Waals surface area contributed by atoms with Crippen LogP contribution < -0.4 is 4.74 Å². The van der Waals surface area contributed by atoms with Gasteiger partial charge in [0, 0.05) is 4.90 Å². The highest BCUT2D eigenvalue weighted by Crippen LogP contribution is 2.18. The lowest BCUT2D eigenvalue weighted by atomic mass is 10.3. The van der Waals surface area contributed by atoms with E-state index in [4.69, 9.17) is 11.2 Å². The van der Waals surface area contributed by atoms with Gasteiger partial charge < -0.3 is 4.74 Å². The maximum atomic E-state index is 5.21. The predicted octanol–water partition coefficient (Wildman–Crippen LogP) is 2.42. The van der Waals surface area contributed by atoms with Gasteiger partial charge >= 0.3 is 0 Å². The number of hydrogen-bond acceptors (Lipinski definition) is 2. The van der Waals surface area contributed by atoms with Gasteiger partial charge in [-0.15, -0.1) is 18.2 Å². The Bertz CT molecular complexity index is 271. The third kappa shape index (κ3) is 2.52. The Morgan fingerprint density at radius 1 is 1.42 bits per heavy atom. The molecule has 2 heteroatoms. The topological polar surface area (TPSA) is 9.23 Å². The summed E-state index contributed by atoms with van der Waals surface area (Å²) in [7, 11) is 0. The molecule has 0 radical (unpaired) electrons. The van der Waals surface area contributed by atoms with E-state index in [9.17, 15) is 0 Å². The van der Waals surface area contributed by atoms with Crippen LogP contribution in [0.5, 0.6) is 5.75 Å². The van der Waals surface area contributed by atoms with Gasteiger partial charge in [-0.3, -0.25) is 0 Å². The summed E-state index contributed by atoms with van der Waals surface area (Å²) in [5.74, 6) is 3.24. The standard InChI is InChI=1S/C10H10OS/c1-3-8-11-9-4-6-10(12-2)7-5-9/h1,4-7H,8H2,2H3. The Kier molecular flexibility index (Phi) is 3.56. The van der Waals surface area contributed by atoms with Crippen LogP contribution >= 0.6 is 11.8 Å². The fourth-order valence-corrected chi connectivity index (χ4v) is 1.21. The molecule has 0 amide bonds. The second-order valence-corrected chi connectivity index (χ2v) is 3.05. The summed E-state index contributed by atoms with van der Waals surface area (Å²) >= 11 is 1.71. The minimum Gasteiger partial charge on any atom is -0.481 e. The van der Waals surface area contributed by atoms with Crippen molar-refractivity contribution >= 4 is 11.8 Å². The molecule has 0 fully saturated rings. The number of hydrogen-bond donors (Lipinski definition) is 0. The molecule has 0 bridgehead atoms. The van der Waals surface area contributed by atoms with Crippen LogP contribution in [0.3, 0.4) is 0 Å². The molecule has 0 saturated carbocycles. The molecule has 0 aliphatic carbocycles. The maximum absolute atomic E-state index is 5.21. The fraction of sp³-hybridized carbons (Fsp3) is 0.200. The van der Waals surface area contributed by atoms with E-state index in [1.165, 1.54) is 4.90 Å². The molecule has 0 aliphatic rings. The summed E-state index contributed by atoms with van der Waals surface area (Å²) in [4.78, 5) is 1.23. The van der Waals surface area contributed by atoms with Crippen molar-refractivity contribution in [2.45, 2.75) is 4.90 Å². The minimum absolute atomic E-state index is 0.332. The number of benzene rings is 1. The van der Waals surface area contributed by atoms with Crippen molar-refractivity contribution < 1.29 is 4.74 Å². The molecule has 0 atom stereocenters. The highest BCUT2D eigenvalue weighted by Gasteiger charge is 1.91. The van der Waals surface area contributed by atoms with Crippen LogP contribution in [0.15, 0.2) is 29.2 Å². The molecule has 62 valence electrons. The van der Waals surface area contributed by atoms with E-state index in [0.717, 1.165) is 5.75 Å². The van der Waals surface area contributed by atoms with E-state index in [1.807, 2.05) is 30.5 Å². The molecule has 1 aromatic rings. The van der Waals surface area contributed by atoms with Crippen molar-refractivity contribution in [3.63, 3.8) is 0 Å². The predicted molar refractivity (Wildman–Crippen MR) is 52.6 cm³/mol. The van der Waals surface area contributed by atoms with Gasteiger partial charge in [-0.05, 0) is 30.5 Å². The number of terminal acetylenes is 1. The van der Waals surface area contributed by atoms with Gasteiger partial charge in [0.05, 0.1) is 0 Å². The van der Waals surface area contributed by atoms with E-state index in [1.54, 1.807) is 11.8 Å². The van der Waals surface area contributed by atoms with Crippen molar-refractivity contribution in [3.8, 4) is 18.1 Å². The normalized spacial score (nSPS) is 9.00. The molecule has 0 saturated heterocycles. The van der Waals surface area contributed by atoms with E-state index < -0.39 is 0 Å².